The predicted molar refractivity (Wildman–Crippen MR) is 73.3 cm³/mol. The zero-order valence-electron chi connectivity index (χ0n) is 9.97. The number of allylic oxidation sites excluding steroid dienone is 2. The number of sulfonamides is 1. The summed E-state index contributed by atoms with van der Waals surface area (Å²) in [6.45, 7) is 0. The van der Waals surface area contributed by atoms with Crippen molar-refractivity contribution in [1.82, 2.24) is 0 Å². The second-order valence-corrected chi connectivity index (χ2v) is 6.28. The molecule has 19 heavy (non-hydrogen) atoms. The van der Waals surface area contributed by atoms with Crippen LogP contribution in [-0.4, -0.2) is 14.3 Å². The monoisotopic (exact) mass is 300 g/mol. The van der Waals surface area contributed by atoms with Crippen molar-refractivity contribution in [3.63, 3.8) is 0 Å². The number of nitrogens with two attached hydrogens (primary N) is 1. The second-order valence-electron chi connectivity index (χ2n) is 4.32. The number of amides is 1. The van der Waals surface area contributed by atoms with Crippen LogP contribution in [0.4, 0.5) is 5.69 Å². The van der Waals surface area contributed by atoms with E-state index in [-0.39, 0.29) is 27.4 Å². The van der Waals surface area contributed by atoms with Crippen molar-refractivity contribution in [1.29, 1.82) is 0 Å². The van der Waals surface area contributed by atoms with Gasteiger partial charge in [-0.25, -0.2) is 13.6 Å². The Morgan fingerprint density at radius 1 is 1.32 bits per heavy atom. The fourth-order valence-electron chi connectivity index (χ4n) is 1.84. The van der Waals surface area contributed by atoms with Gasteiger partial charge in [-0.1, -0.05) is 23.8 Å². The molecule has 1 aromatic rings. The molecule has 0 spiro atoms. The SMILES string of the molecule is NS(=O)(=O)c1ccc(Cl)c(NC(=O)C2CC=CC2)c1. The number of carbonyl (C=O) groups excluding carboxylic acids is 1. The quantitative estimate of drug-likeness (QED) is 0.835. The van der Waals surface area contributed by atoms with E-state index in [0.29, 0.717) is 12.8 Å². The summed E-state index contributed by atoms with van der Waals surface area (Å²) in [6.07, 6.45) is 5.23. The van der Waals surface area contributed by atoms with Gasteiger partial charge in [-0.2, -0.15) is 0 Å². The molecule has 1 aliphatic carbocycles. The molecule has 2 rings (SSSR count). The van der Waals surface area contributed by atoms with E-state index < -0.39 is 10.0 Å². The topological polar surface area (TPSA) is 89.3 Å². The minimum atomic E-state index is -3.82. The molecule has 0 atom stereocenters. The first-order valence-electron chi connectivity index (χ1n) is 5.66. The highest BCUT2D eigenvalue weighted by atomic mass is 35.5. The molecule has 0 radical (unpaired) electrons. The van der Waals surface area contributed by atoms with Crippen molar-refractivity contribution in [2.75, 3.05) is 5.32 Å². The van der Waals surface area contributed by atoms with E-state index in [1.165, 1.54) is 18.2 Å². The van der Waals surface area contributed by atoms with E-state index in [4.69, 9.17) is 16.7 Å². The van der Waals surface area contributed by atoms with Gasteiger partial charge in [-0.3, -0.25) is 4.79 Å². The van der Waals surface area contributed by atoms with E-state index >= 15 is 0 Å². The van der Waals surface area contributed by atoms with Gasteiger partial charge in [0.15, 0.2) is 0 Å². The standard InChI is InChI=1S/C12H13ClN2O3S/c13-10-6-5-9(19(14,17)18)7-11(10)15-12(16)8-3-1-2-4-8/h1-2,5-8H,3-4H2,(H,15,16)(H2,14,17,18). The first-order valence-corrected chi connectivity index (χ1v) is 7.58. The maximum atomic E-state index is 11.9. The van der Waals surface area contributed by atoms with Gasteiger partial charge >= 0.3 is 0 Å². The number of halogens is 1. The highest BCUT2D eigenvalue weighted by Crippen LogP contribution is 2.27. The van der Waals surface area contributed by atoms with Crippen LogP contribution in [0, 0.1) is 5.92 Å². The van der Waals surface area contributed by atoms with Gasteiger partial charge in [0.05, 0.1) is 15.6 Å². The van der Waals surface area contributed by atoms with Crippen molar-refractivity contribution in [3.05, 3.63) is 35.4 Å². The van der Waals surface area contributed by atoms with E-state index in [9.17, 15) is 13.2 Å². The maximum absolute atomic E-state index is 11.9. The summed E-state index contributed by atoms with van der Waals surface area (Å²) < 4.78 is 22.5. The summed E-state index contributed by atoms with van der Waals surface area (Å²) >= 11 is 5.93. The highest BCUT2D eigenvalue weighted by Gasteiger charge is 2.20. The Balaban J connectivity index is 2.22. The number of hydrogen-bond donors (Lipinski definition) is 2. The summed E-state index contributed by atoms with van der Waals surface area (Å²) in [7, 11) is -3.82. The van der Waals surface area contributed by atoms with E-state index in [2.05, 4.69) is 5.32 Å². The average Bonchev–Trinajstić information content (AvgIpc) is 2.84. The number of carbonyl (C=O) groups is 1. The Labute approximate surface area is 116 Å². The minimum absolute atomic E-state index is 0.0863. The first-order chi connectivity index (χ1) is 8.88. The zero-order chi connectivity index (χ0) is 14.0. The van der Waals surface area contributed by atoms with Gasteiger partial charge in [-0.15, -0.1) is 0 Å². The van der Waals surface area contributed by atoms with Crippen LogP contribution in [-0.2, 0) is 14.8 Å². The smallest absolute Gasteiger partial charge is 0.238 e. The van der Waals surface area contributed by atoms with Crippen LogP contribution in [0.15, 0.2) is 35.2 Å². The summed E-state index contributed by atoms with van der Waals surface area (Å²) in [5.74, 6) is -0.312. The Morgan fingerprint density at radius 3 is 2.53 bits per heavy atom. The summed E-state index contributed by atoms with van der Waals surface area (Å²) in [5.41, 5.74) is 0.255. The summed E-state index contributed by atoms with van der Waals surface area (Å²) in [4.78, 5) is 11.9. The van der Waals surface area contributed by atoms with Crippen molar-refractivity contribution >= 4 is 33.2 Å². The molecule has 0 fully saturated rings. The van der Waals surface area contributed by atoms with Crippen molar-refractivity contribution < 1.29 is 13.2 Å². The van der Waals surface area contributed by atoms with E-state index in [1.807, 2.05) is 12.2 Å². The molecule has 0 unspecified atom stereocenters. The van der Waals surface area contributed by atoms with Crippen LogP contribution in [0.5, 0.6) is 0 Å². The van der Waals surface area contributed by atoms with Gasteiger partial charge in [0.2, 0.25) is 15.9 Å². The Bertz CT molecular complexity index is 632. The number of benzene rings is 1. The lowest BCUT2D eigenvalue weighted by atomic mass is 10.1. The largest absolute Gasteiger partial charge is 0.324 e. The highest BCUT2D eigenvalue weighted by molar-refractivity contribution is 7.89. The molecule has 1 aliphatic rings. The first kappa shape index (κ1) is 14.0. The van der Waals surface area contributed by atoms with Gasteiger partial charge < -0.3 is 5.32 Å². The van der Waals surface area contributed by atoms with Gasteiger partial charge in [-0.05, 0) is 31.0 Å². The van der Waals surface area contributed by atoms with E-state index in [0.717, 1.165) is 0 Å². The minimum Gasteiger partial charge on any atom is -0.324 e. The molecule has 7 heteroatoms. The second kappa shape index (κ2) is 5.32. The number of nitrogens with one attached hydrogen (secondary N) is 1. The molecule has 3 N–H and O–H groups in total. The molecule has 1 amide bonds. The van der Waals surface area contributed by atoms with Crippen LogP contribution >= 0.6 is 11.6 Å². The lowest BCUT2D eigenvalue weighted by Crippen LogP contribution is -2.21. The summed E-state index contributed by atoms with van der Waals surface area (Å²) in [6, 6.07) is 3.95. The van der Waals surface area contributed by atoms with E-state index in [1.54, 1.807) is 0 Å². The van der Waals surface area contributed by atoms with Crippen LogP contribution in [0.25, 0.3) is 0 Å². The van der Waals surface area contributed by atoms with Crippen LogP contribution in [0.1, 0.15) is 12.8 Å². The molecule has 0 saturated heterocycles. The molecule has 0 heterocycles. The molecule has 0 saturated carbocycles. The van der Waals surface area contributed by atoms with Crippen molar-refractivity contribution in [2.24, 2.45) is 11.1 Å². The van der Waals surface area contributed by atoms with Crippen LogP contribution in [0.3, 0.4) is 0 Å². The molecule has 0 aromatic heterocycles. The third-order valence-corrected chi connectivity index (χ3v) is 4.14. The molecule has 1 aromatic carbocycles. The molecule has 0 aliphatic heterocycles. The number of primary sulfonamides is 1. The van der Waals surface area contributed by atoms with Gasteiger partial charge in [0.25, 0.3) is 0 Å². The molecular weight excluding hydrogens is 288 g/mol. The van der Waals surface area contributed by atoms with Crippen molar-refractivity contribution in [2.45, 2.75) is 17.7 Å². The number of hydrogen-bond acceptors (Lipinski definition) is 3. The average molecular weight is 301 g/mol. The van der Waals surface area contributed by atoms with Crippen molar-refractivity contribution in [3.8, 4) is 0 Å². The predicted octanol–water partition coefficient (Wildman–Crippen LogP) is 1.89. The Hall–Kier alpha value is -1.37. The fourth-order valence-corrected chi connectivity index (χ4v) is 2.55. The number of anilines is 1. The maximum Gasteiger partial charge on any atom is 0.238 e. The summed E-state index contributed by atoms with van der Waals surface area (Å²) in [5, 5.41) is 7.94. The molecule has 5 nitrogen and oxygen atoms in total. The third kappa shape index (κ3) is 3.34. The molecular formula is C12H13ClN2O3S. The Kier molecular flexibility index (Phi) is 3.93. The zero-order valence-corrected chi connectivity index (χ0v) is 11.5. The van der Waals surface area contributed by atoms with Crippen LogP contribution in [0.2, 0.25) is 5.02 Å². The van der Waals surface area contributed by atoms with Gasteiger partial charge in [0.1, 0.15) is 0 Å². The fraction of sp³-hybridized carbons (Fsp3) is 0.250. The lowest BCUT2D eigenvalue weighted by molar-refractivity contribution is -0.119. The third-order valence-electron chi connectivity index (χ3n) is 2.90. The van der Waals surface area contributed by atoms with Gasteiger partial charge in [0, 0.05) is 5.92 Å². The Morgan fingerprint density at radius 2 is 1.95 bits per heavy atom. The molecule has 0 bridgehead atoms. The molecule has 102 valence electrons. The normalized spacial score (nSPS) is 15.7. The number of rotatable bonds is 3. The van der Waals surface area contributed by atoms with Crippen LogP contribution < -0.4 is 10.5 Å². The lowest BCUT2D eigenvalue weighted by Gasteiger charge is -2.12.